The van der Waals surface area contributed by atoms with Gasteiger partial charge in [0.15, 0.2) is 0 Å². The summed E-state index contributed by atoms with van der Waals surface area (Å²) in [6.45, 7) is 3.31. The van der Waals surface area contributed by atoms with Crippen LogP contribution in [0.4, 0.5) is 0 Å². The summed E-state index contributed by atoms with van der Waals surface area (Å²) >= 11 is 1.66. The number of nitrogens with one attached hydrogen (secondary N) is 2. The molecule has 2 N–H and O–H groups in total. The lowest BCUT2D eigenvalue weighted by Crippen LogP contribution is -2.38. The highest BCUT2D eigenvalue weighted by molar-refractivity contribution is 7.10. The van der Waals surface area contributed by atoms with Gasteiger partial charge in [-0.05, 0) is 49.9 Å². The van der Waals surface area contributed by atoms with Crippen molar-refractivity contribution in [3.8, 4) is 17.0 Å². The Kier molecular flexibility index (Phi) is 5.97. The molecule has 1 aliphatic heterocycles. The number of carbonyl (C=O) groups is 1. The Morgan fingerprint density at radius 1 is 1.41 bits per heavy atom. The number of ether oxygens (including phenoxy) is 1. The number of aromatic nitrogens is 2. The highest BCUT2D eigenvalue weighted by Gasteiger charge is 2.30. The zero-order chi connectivity index (χ0) is 20.2. The van der Waals surface area contributed by atoms with Crippen LogP contribution in [0.1, 0.15) is 42.6 Å². The van der Waals surface area contributed by atoms with Crippen molar-refractivity contribution in [3.63, 3.8) is 0 Å². The van der Waals surface area contributed by atoms with E-state index in [4.69, 9.17) is 4.74 Å². The molecule has 7 heteroatoms. The predicted octanol–water partition coefficient (Wildman–Crippen LogP) is 4.16. The number of aromatic amines is 1. The van der Waals surface area contributed by atoms with E-state index in [9.17, 15) is 4.79 Å². The van der Waals surface area contributed by atoms with E-state index < -0.39 is 0 Å². The molecule has 0 bridgehead atoms. The summed E-state index contributed by atoms with van der Waals surface area (Å²) in [5, 5.41) is 5.14. The first-order chi connectivity index (χ1) is 14.1. The Balaban J connectivity index is 1.42. The van der Waals surface area contributed by atoms with Crippen molar-refractivity contribution < 1.29 is 9.53 Å². The van der Waals surface area contributed by atoms with Crippen molar-refractivity contribution in [1.29, 1.82) is 0 Å². The average Bonchev–Trinajstić information content (AvgIpc) is 3.48. The average molecular weight is 411 g/mol. The van der Waals surface area contributed by atoms with E-state index in [0.29, 0.717) is 6.54 Å². The number of imidazole rings is 1. The van der Waals surface area contributed by atoms with Gasteiger partial charge in [-0.1, -0.05) is 18.2 Å². The van der Waals surface area contributed by atoms with Crippen molar-refractivity contribution in [3.05, 3.63) is 58.7 Å². The molecule has 1 amide bonds. The molecular formula is C22H26N4O2S. The van der Waals surface area contributed by atoms with Crippen LogP contribution >= 0.6 is 11.3 Å². The van der Waals surface area contributed by atoms with Gasteiger partial charge < -0.3 is 15.0 Å². The van der Waals surface area contributed by atoms with E-state index in [1.165, 1.54) is 4.88 Å². The number of methoxy groups -OCH3 is 1. The normalized spacial score (nSPS) is 17.9. The first-order valence-electron chi connectivity index (χ1n) is 9.90. The summed E-state index contributed by atoms with van der Waals surface area (Å²) in [4.78, 5) is 24.0. The maximum absolute atomic E-state index is 12.6. The number of benzene rings is 1. The molecule has 3 heterocycles. The third-order valence-electron chi connectivity index (χ3n) is 5.35. The van der Waals surface area contributed by atoms with Crippen molar-refractivity contribution >= 4 is 17.2 Å². The number of likely N-dealkylation sites (tertiary alicyclic amines) is 1. The number of H-pyrrole nitrogens is 1. The standard InChI is InChI=1S/C22H26N4O2S/c1-15(20-9-5-11-29-20)24-21(27)14-26-10-4-8-19(26)22-23-13-18(25-22)16-6-3-7-17(12-16)28-2/h3,5-7,9,11-13,15,19H,4,8,10,14H2,1-2H3,(H,23,25)(H,24,27). The number of hydrogen-bond acceptors (Lipinski definition) is 5. The summed E-state index contributed by atoms with van der Waals surface area (Å²) < 4.78 is 5.32. The zero-order valence-corrected chi connectivity index (χ0v) is 17.5. The van der Waals surface area contributed by atoms with E-state index in [1.54, 1.807) is 18.4 Å². The first-order valence-corrected chi connectivity index (χ1v) is 10.8. The maximum Gasteiger partial charge on any atom is 0.234 e. The van der Waals surface area contributed by atoms with Crippen LogP contribution in [-0.4, -0.2) is 41.0 Å². The van der Waals surface area contributed by atoms with Gasteiger partial charge in [-0.15, -0.1) is 11.3 Å². The molecule has 0 saturated carbocycles. The predicted molar refractivity (Wildman–Crippen MR) is 115 cm³/mol. The second-order valence-corrected chi connectivity index (χ2v) is 8.33. The van der Waals surface area contributed by atoms with Crippen LogP contribution in [0.2, 0.25) is 0 Å². The van der Waals surface area contributed by atoms with Gasteiger partial charge in [0.2, 0.25) is 5.91 Å². The Hall–Kier alpha value is -2.64. The highest BCUT2D eigenvalue weighted by atomic mass is 32.1. The van der Waals surface area contributed by atoms with E-state index in [2.05, 4.69) is 26.3 Å². The Morgan fingerprint density at radius 2 is 2.31 bits per heavy atom. The first kappa shape index (κ1) is 19.7. The summed E-state index contributed by atoms with van der Waals surface area (Å²) in [6.07, 6.45) is 3.92. The molecule has 2 atom stereocenters. The molecule has 1 fully saturated rings. The van der Waals surface area contributed by atoms with E-state index >= 15 is 0 Å². The quantitative estimate of drug-likeness (QED) is 0.614. The lowest BCUT2D eigenvalue weighted by molar-refractivity contribution is -0.123. The number of thiophene rings is 1. The molecule has 1 aromatic carbocycles. The van der Waals surface area contributed by atoms with E-state index in [-0.39, 0.29) is 18.0 Å². The van der Waals surface area contributed by atoms with Crippen molar-refractivity contribution in [2.24, 2.45) is 0 Å². The summed E-state index contributed by atoms with van der Waals surface area (Å²) in [5.41, 5.74) is 2.00. The van der Waals surface area contributed by atoms with Gasteiger partial charge in [0.25, 0.3) is 0 Å². The Labute approximate surface area is 174 Å². The molecule has 1 saturated heterocycles. The fourth-order valence-corrected chi connectivity index (χ4v) is 4.58. The van der Waals surface area contributed by atoms with Gasteiger partial charge in [0, 0.05) is 10.4 Å². The lowest BCUT2D eigenvalue weighted by atomic mass is 10.1. The smallest absolute Gasteiger partial charge is 0.234 e. The molecule has 4 rings (SSSR count). The van der Waals surface area contributed by atoms with Gasteiger partial charge in [0.05, 0.1) is 37.6 Å². The van der Waals surface area contributed by atoms with Crippen molar-refractivity contribution in [1.82, 2.24) is 20.2 Å². The maximum atomic E-state index is 12.6. The van der Waals surface area contributed by atoms with Crippen molar-refractivity contribution in [2.75, 3.05) is 20.2 Å². The molecule has 2 unspecified atom stereocenters. The van der Waals surface area contributed by atoms with Crippen LogP contribution in [0.3, 0.4) is 0 Å². The second-order valence-electron chi connectivity index (χ2n) is 7.35. The molecule has 0 radical (unpaired) electrons. The third kappa shape index (κ3) is 4.52. The van der Waals surface area contributed by atoms with Crippen LogP contribution in [0.25, 0.3) is 11.3 Å². The van der Waals surface area contributed by atoms with E-state index in [0.717, 1.165) is 42.2 Å². The largest absolute Gasteiger partial charge is 0.497 e. The Morgan fingerprint density at radius 3 is 3.10 bits per heavy atom. The minimum Gasteiger partial charge on any atom is -0.497 e. The summed E-state index contributed by atoms with van der Waals surface area (Å²) in [5.74, 6) is 1.79. The van der Waals surface area contributed by atoms with Crippen LogP contribution in [0, 0.1) is 0 Å². The number of rotatable bonds is 7. The number of carbonyl (C=O) groups excluding carboxylic acids is 1. The number of nitrogens with zero attached hydrogens (tertiary/aromatic N) is 2. The van der Waals surface area contributed by atoms with Crippen LogP contribution in [-0.2, 0) is 4.79 Å². The summed E-state index contributed by atoms with van der Waals surface area (Å²) in [6, 6.07) is 12.1. The molecule has 1 aliphatic rings. The molecule has 29 heavy (non-hydrogen) atoms. The van der Waals surface area contributed by atoms with E-state index in [1.807, 2.05) is 48.8 Å². The van der Waals surface area contributed by atoms with Crippen LogP contribution < -0.4 is 10.1 Å². The molecule has 6 nitrogen and oxygen atoms in total. The monoisotopic (exact) mass is 410 g/mol. The van der Waals surface area contributed by atoms with Crippen molar-refractivity contribution in [2.45, 2.75) is 31.8 Å². The van der Waals surface area contributed by atoms with Crippen LogP contribution in [0.5, 0.6) is 5.75 Å². The number of amides is 1. The molecule has 3 aromatic rings. The fourth-order valence-electron chi connectivity index (χ4n) is 3.85. The molecule has 0 spiro atoms. The summed E-state index contributed by atoms with van der Waals surface area (Å²) in [7, 11) is 1.66. The van der Waals surface area contributed by atoms with Gasteiger partial charge in [0.1, 0.15) is 11.6 Å². The highest BCUT2D eigenvalue weighted by Crippen LogP contribution is 2.31. The lowest BCUT2D eigenvalue weighted by Gasteiger charge is -2.23. The Bertz CT molecular complexity index is 953. The molecule has 2 aromatic heterocycles. The molecular weight excluding hydrogens is 384 g/mol. The van der Waals surface area contributed by atoms with Gasteiger partial charge in [-0.3, -0.25) is 9.69 Å². The third-order valence-corrected chi connectivity index (χ3v) is 6.40. The zero-order valence-electron chi connectivity index (χ0n) is 16.7. The second kappa shape index (κ2) is 8.80. The van der Waals surface area contributed by atoms with Crippen LogP contribution in [0.15, 0.2) is 48.0 Å². The van der Waals surface area contributed by atoms with Gasteiger partial charge in [-0.25, -0.2) is 4.98 Å². The van der Waals surface area contributed by atoms with Gasteiger partial charge >= 0.3 is 0 Å². The molecule has 152 valence electrons. The molecule has 0 aliphatic carbocycles. The topological polar surface area (TPSA) is 70.2 Å². The minimum absolute atomic E-state index is 0.0341. The fraction of sp³-hybridized carbons (Fsp3) is 0.364. The SMILES string of the molecule is COc1cccc(-c2cnc(C3CCCN3CC(=O)NC(C)c3cccs3)[nH]2)c1. The number of hydrogen-bond donors (Lipinski definition) is 2. The minimum atomic E-state index is 0.0341. The van der Waals surface area contributed by atoms with Gasteiger partial charge in [-0.2, -0.15) is 0 Å².